The maximum Gasteiger partial charge on any atom is -0.0383 e. The van der Waals surface area contributed by atoms with Crippen molar-refractivity contribution in [2.45, 2.75) is 66.2 Å². The van der Waals surface area contributed by atoms with Crippen LogP contribution in [0.4, 0.5) is 0 Å². The largest absolute Gasteiger partial charge is 0.0623 e. The highest BCUT2D eigenvalue weighted by Gasteiger charge is 2.33. The molecule has 0 bridgehead atoms. The first-order chi connectivity index (χ1) is 7.58. The molecule has 0 aromatic heterocycles. The van der Waals surface area contributed by atoms with Crippen LogP contribution in [0.5, 0.6) is 0 Å². The molecule has 6 atom stereocenters. The summed E-state index contributed by atoms with van der Waals surface area (Å²) in [6.07, 6.45) is 9.08. The van der Waals surface area contributed by atoms with E-state index in [-0.39, 0.29) is 0 Å². The molecule has 0 radical (unpaired) electrons. The lowest BCUT2D eigenvalue weighted by Crippen LogP contribution is -2.31. The molecule has 2 fully saturated rings. The Morgan fingerprint density at radius 3 is 1.19 bits per heavy atom. The second-order valence-corrected chi connectivity index (χ2v) is 7.06. The third-order valence-electron chi connectivity index (χ3n) is 5.94. The van der Waals surface area contributed by atoms with Crippen molar-refractivity contribution in [1.82, 2.24) is 0 Å². The van der Waals surface area contributed by atoms with Gasteiger partial charge in [-0.1, -0.05) is 40.5 Å². The van der Waals surface area contributed by atoms with Crippen molar-refractivity contribution in [2.24, 2.45) is 35.5 Å². The van der Waals surface area contributed by atoms with Crippen LogP contribution in [0.25, 0.3) is 0 Å². The number of hydrogen-bond acceptors (Lipinski definition) is 0. The second kappa shape index (κ2) is 5.10. The van der Waals surface area contributed by atoms with Crippen LogP contribution >= 0.6 is 0 Å². The lowest BCUT2D eigenvalue weighted by Gasteiger charge is -2.41. The monoisotopic (exact) mass is 222 g/mol. The van der Waals surface area contributed by atoms with Gasteiger partial charge in [0, 0.05) is 0 Å². The van der Waals surface area contributed by atoms with Gasteiger partial charge in [0.25, 0.3) is 0 Å². The summed E-state index contributed by atoms with van der Waals surface area (Å²) >= 11 is 0. The molecule has 2 aliphatic rings. The molecular weight excluding hydrogens is 192 g/mol. The fourth-order valence-corrected chi connectivity index (χ4v) is 4.03. The van der Waals surface area contributed by atoms with Crippen LogP contribution < -0.4 is 0 Å². The van der Waals surface area contributed by atoms with Crippen molar-refractivity contribution in [3.63, 3.8) is 0 Å². The Bertz CT molecular complexity index is 196. The van der Waals surface area contributed by atoms with E-state index in [1.54, 1.807) is 0 Å². The molecule has 0 aromatic carbocycles. The van der Waals surface area contributed by atoms with Crippen LogP contribution in [-0.2, 0) is 0 Å². The molecule has 0 amide bonds. The van der Waals surface area contributed by atoms with E-state index in [0.29, 0.717) is 0 Å². The van der Waals surface area contributed by atoms with Gasteiger partial charge < -0.3 is 0 Å². The zero-order valence-corrected chi connectivity index (χ0v) is 11.7. The Kier molecular flexibility index (Phi) is 3.97. The predicted octanol–water partition coefficient (Wildman–Crippen LogP) is 5.13. The summed E-state index contributed by atoms with van der Waals surface area (Å²) in [5.74, 6) is 6.07. The molecular formula is C16H30. The molecule has 0 spiro atoms. The molecule has 0 heterocycles. The third kappa shape index (κ3) is 2.63. The average Bonchev–Trinajstić information content (AvgIpc) is 2.26. The van der Waals surface area contributed by atoms with E-state index < -0.39 is 0 Å². The summed E-state index contributed by atoms with van der Waals surface area (Å²) in [6, 6.07) is 0. The molecule has 0 aliphatic heterocycles. The Morgan fingerprint density at radius 1 is 0.500 bits per heavy atom. The molecule has 5 unspecified atom stereocenters. The van der Waals surface area contributed by atoms with E-state index in [1.165, 1.54) is 38.5 Å². The van der Waals surface area contributed by atoms with Crippen LogP contribution in [-0.4, -0.2) is 0 Å². The van der Waals surface area contributed by atoms with E-state index in [2.05, 4.69) is 27.7 Å². The maximum absolute atomic E-state index is 2.48. The summed E-state index contributed by atoms with van der Waals surface area (Å²) in [4.78, 5) is 0. The summed E-state index contributed by atoms with van der Waals surface area (Å²) in [5.41, 5.74) is 0. The topological polar surface area (TPSA) is 0 Å². The zero-order chi connectivity index (χ0) is 11.7. The van der Waals surface area contributed by atoms with E-state index >= 15 is 0 Å². The van der Waals surface area contributed by atoms with Crippen molar-refractivity contribution in [3.05, 3.63) is 0 Å². The van der Waals surface area contributed by atoms with E-state index in [4.69, 9.17) is 0 Å². The molecule has 0 heteroatoms. The summed E-state index contributed by atoms with van der Waals surface area (Å²) in [6.45, 7) is 9.86. The summed E-state index contributed by atoms with van der Waals surface area (Å²) in [5, 5.41) is 0. The van der Waals surface area contributed by atoms with Gasteiger partial charge in [0.15, 0.2) is 0 Å². The van der Waals surface area contributed by atoms with Crippen LogP contribution in [0.15, 0.2) is 0 Å². The van der Waals surface area contributed by atoms with Crippen LogP contribution in [0.3, 0.4) is 0 Å². The molecule has 94 valence electrons. The quantitative estimate of drug-likeness (QED) is 0.577. The van der Waals surface area contributed by atoms with Gasteiger partial charge in [-0.2, -0.15) is 0 Å². The Morgan fingerprint density at radius 2 is 0.875 bits per heavy atom. The molecule has 0 nitrogen and oxygen atoms in total. The Balaban J connectivity index is 1.88. The molecule has 0 aromatic rings. The Labute approximate surface area is 102 Å². The van der Waals surface area contributed by atoms with Crippen molar-refractivity contribution >= 4 is 0 Å². The first-order valence-electron chi connectivity index (χ1n) is 7.58. The molecule has 2 saturated carbocycles. The standard InChI is InChI=1S/C16H30/c1-11-5-7-15(9-13(11)3)16-8-6-12(2)14(4)10-16/h11-16H,5-10H2,1-4H3/t11?,12?,13-,14?,15?,16?/m0/s1. The van der Waals surface area contributed by atoms with E-state index in [9.17, 15) is 0 Å². The zero-order valence-electron chi connectivity index (χ0n) is 11.7. The minimum atomic E-state index is 0.980. The minimum Gasteiger partial charge on any atom is -0.0623 e. The normalized spacial score (nSPS) is 50.2. The lowest BCUT2D eigenvalue weighted by atomic mass is 9.64. The fraction of sp³-hybridized carbons (Fsp3) is 1.00. The van der Waals surface area contributed by atoms with Gasteiger partial charge in [0.05, 0.1) is 0 Å². The molecule has 2 aliphatic carbocycles. The lowest BCUT2D eigenvalue weighted by molar-refractivity contribution is 0.0956. The van der Waals surface area contributed by atoms with E-state index in [1.807, 2.05) is 0 Å². The van der Waals surface area contributed by atoms with Gasteiger partial charge in [-0.15, -0.1) is 0 Å². The number of hydrogen-bond donors (Lipinski definition) is 0. The van der Waals surface area contributed by atoms with Gasteiger partial charge >= 0.3 is 0 Å². The van der Waals surface area contributed by atoms with Crippen molar-refractivity contribution < 1.29 is 0 Å². The SMILES string of the molecule is CC1CCC(C2CCC(C)[C@@H](C)C2)CC1C. The highest BCUT2D eigenvalue weighted by atomic mass is 14.4. The van der Waals surface area contributed by atoms with Gasteiger partial charge in [-0.05, 0) is 61.2 Å². The molecule has 0 saturated heterocycles. The molecule has 16 heavy (non-hydrogen) atoms. The maximum atomic E-state index is 2.48. The van der Waals surface area contributed by atoms with Crippen LogP contribution in [0.2, 0.25) is 0 Å². The van der Waals surface area contributed by atoms with Crippen molar-refractivity contribution in [1.29, 1.82) is 0 Å². The van der Waals surface area contributed by atoms with E-state index in [0.717, 1.165) is 35.5 Å². The summed E-state index contributed by atoms with van der Waals surface area (Å²) in [7, 11) is 0. The number of rotatable bonds is 1. The van der Waals surface area contributed by atoms with Gasteiger partial charge in [-0.3, -0.25) is 0 Å². The molecule has 2 rings (SSSR count). The van der Waals surface area contributed by atoms with Crippen molar-refractivity contribution in [3.8, 4) is 0 Å². The fourth-order valence-electron chi connectivity index (χ4n) is 4.03. The third-order valence-corrected chi connectivity index (χ3v) is 5.94. The average molecular weight is 222 g/mol. The second-order valence-electron chi connectivity index (χ2n) is 7.06. The van der Waals surface area contributed by atoms with Crippen LogP contribution in [0, 0.1) is 35.5 Å². The van der Waals surface area contributed by atoms with Gasteiger partial charge in [0.2, 0.25) is 0 Å². The summed E-state index contributed by atoms with van der Waals surface area (Å²) < 4.78 is 0. The highest BCUT2D eigenvalue weighted by molar-refractivity contribution is 4.84. The van der Waals surface area contributed by atoms with Gasteiger partial charge in [-0.25, -0.2) is 0 Å². The van der Waals surface area contributed by atoms with Crippen LogP contribution in [0.1, 0.15) is 66.2 Å². The smallest absolute Gasteiger partial charge is 0.0383 e. The minimum absolute atomic E-state index is 0.980. The molecule has 0 N–H and O–H groups in total. The first-order valence-corrected chi connectivity index (χ1v) is 7.58. The first kappa shape index (κ1) is 12.5. The van der Waals surface area contributed by atoms with Crippen molar-refractivity contribution in [2.75, 3.05) is 0 Å². The van der Waals surface area contributed by atoms with Gasteiger partial charge in [0.1, 0.15) is 0 Å². The predicted molar refractivity (Wildman–Crippen MR) is 71.3 cm³/mol. The highest BCUT2D eigenvalue weighted by Crippen LogP contribution is 2.44. The Hall–Kier alpha value is 0.